The van der Waals surface area contributed by atoms with Gasteiger partial charge in [-0.05, 0) is 62.8 Å². The number of nitrogens with zero attached hydrogens (tertiary/aromatic N) is 1. The highest BCUT2D eigenvalue weighted by molar-refractivity contribution is 14.1. The van der Waals surface area contributed by atoms with Gasteiger partial charge in [0.1, 0.15) is 6.20 Å². The molecule has 142 valence electrons. The van der Waals surface area contributed by atoms with Gasteiger partial charge in [-0.1, -0.05) is 70.2 Å². The topological polar surface area (TPSA) is 3.88 Å². The third-order valence-corrected chi connectivity index (χ3v) is 10.6. The number of aromatic nitrogens is 1. The van der Waals surface area contributed by atoms with Gasteiger partial charge in [0.05, 0.1) is 0 Å². The van der Waals surface area contributed by atoms with Gasteiger partial charge >= 0.3 is 4.70 Å². The Morgan fingerprint density at radius 1 is 0.964 bits per heavy atom. The summed E-state index contributed by atoms with van der Waals surface area (Å²) in [4.78, 5) is 0. The number of pyridine rings is 1. The molecule has 1 nitrogen and oxygen atoms in total. The maximum atomic E-state index is 2.74. The molecule has 0 aromatic carbocycles. The van der Waals surface area contributed by atoms with E-state index < -0.39 is 0 Å². The van der Waals surface area contributed by atoms with Gasteiger partial charge in [0, 0.05) is 29.1 Å². The van der Waals surface area contributed by atoms with Gasteiger partial charge < -0.3 is 0 Å². The van der Waals surface area contributed by atoms with Gasteiger partial charge in [0.15, 0.2) is 5.69 Å². The summed E-state index contributed by atoms with van der Waals surface area (Å²) < 4.78 is 3.06. The van der Waals surface area contributed by atoms with Crippen molar-refractivity contribution in [3.8, 4) is 0 Å². The van der Waals surface area contributed by atoms with E-state index in [0.29, 0.717) is 10.5 Å². The van der Waals surface area contributed by atoms with Crippen LogP contribution < -0.4 is 4.48 Å². The summed E-state index contributed by atoms with van der Waals surface area (Å²) in [6, 6.07) is 6.73. The minimum Gasteiger partial charge on any atom is -0.278 e. The first kappa shape index (κ1) is 17.7. The van der Waals surface area contributed by atoms with Crippen LogP contribution in [0.25, 0.3) is 0 Å². The van der Waals surface area contributed by atoms with Crippen molar-refractivity contribution in [2.24, 2.45) is 27.6 Å². The molecular formula is C25H28BIN+. The summed E-state index contributed by atoms with van der Waals surface area (Å²) in [7, 11) is 0. The molecule has 1 aromatic rings. The third-order valence-electron chi connectivity index (χ3n) is 9.21. The van der Waals surface area contributed by atoms with Crippen molar-refractivity contribution in [2.45, 2.75) is 46.4 Å². The molecule has 6 unspecified atom stereocenters. The molecule has 2 saturated carbocycles. The van der Waals surface area contributed by atoms with E-state index in [9.17, 15) is 0 Å². The predicted molar refractivity (Wildman–Crippen MR) is 124 cm³/mol. The van der Waals surface area contributed by atoms with Crippen LogP contribution >= 0.6 is 22.4 Å². The van der Waals surface area contributed by atoms with Gasteiger partial charge in [-0.15, -0.1) is 0 Å². The van der Waals surface area contributed by atoms with Crippen LogP contribution in [0.4, 0.5) is 0 Å². The van der Waals surface area contributed by atoms with Crippen LogP contribution in [-0.2, 0) is 6.42 Å². The lowest BCUT2D eigenvalue weighted by molar-refractivity contribution is -0.552. The monoisotopic (exact) mass is 480 g/mol. The zero-order chi connectivity index (χ0) is 19.5. The van der Waals surface area contributed by atoms with E-state index in [4.69, 9.17) is 0 Å². The van der Waals surface area contributed by atoms with Gasteiger partial charge in [-0.2, -0.15) is 0 Å². The largest absolute Gasteiger partial charge is 0.562 e. The van der Waals surface area contributed by atoms with Crippen molar-refractivity contribution in [3.05, 3.63) is 77.7 Å². The molecule has 0 amide bonds. The Morgan fingerprint density at radius 3 is 2.29 bits per heavy atom. The SMILES string of the molecule is CC12C=CC=CC(C)(C1)C1=CC3(C)C4B(I)[n+]5ccccc5CC4C3(C)C=C12. The van der Waals surface area contributed by atoms with E-state index in [1.165, 1.54) is 18.5 Å². The van der Waals surface area contributed by atoms with Crippen LogP contribution in [-0.4, -0.2) is 4.70 Å². The van der Waals surface area contributed by atoms with E-state index >= 15 is 0 Å². The Bertz CT molecular complexity index is 1040. The molecule has 2 heterocycles. The van der Waals surface area contributed by atoms with E-state index in [-0.39, 0.29) is 21.7 Å². The van der Waals surface area contributed by atoms with Crippen LogP contribution in [0.3, 0.4) is 0 Å². The summed E-state index contributed by atoms with van der Waals surface area (Å²) in [5.41, 5.74) is 5.54. The fraction of sp³-hybridized carbons (Fsp3) is 0.480. The van der Waals surface area contributed by atoms with E-state index in [1.807, 2.05) is 0 Å². The number of allylic oxidation sites excluding steroid dienone is 8. The Balaban J connectivity index is 1.55. The van der Waals surface area contributed by atoms with Crippen molar-refractivity contribution in [2.75, 3.05) is 0 Å². The number of fused-ring (bicyclic) bond motifs is 10. The minimum atomic E-state index is 0.167. The van der Waals surface area contributed by atoms with Crippen molar-refractivity contribution >= 4 is 27.1 Å². The Labute approximate surface area is 182 Å². The number of hydrogen-bond donors (Lipinski definition) is 0. The normalized spacial score (nSPS) is 47.1. The molecule has 2 fully saturated rings. The molecule has 28 heavy (non-hydrogen) atoms. The summed E-state index contributed by atoms with van der Waals surface area (Å²) >= 11 is 2.72. The second-order valence-corrected chi connectivity index (χ2v) is 12.0. The highest BCUT2D eigenvalue weighted by Crippen LogP contribution is 2.76. The maximum absolute atomic E-state index is 2.74. The lowest BCUT2D eigenvalue weighted by atomic mass is 9.29. The predicted octanol–water partition coefficient (Wildman–Crippen LogP) is 5.72. The second-order valence-electron chi connectivity index (χ2n) is 10.7. The molecule has 3 heteroatoms. The quantitative estimate of drug-likeness (QED) is 0.330. The van der Waals surface area contributed by atoms with E-state index in [2.05, 4.69) is 115 Å². The highest BCUT2D eigenvalue weighted by Gasteiger charge is 2.74. The first-order valence-corrected chi connectivity index (χ1v) is 11.9. The average molecular weight is 480 g/mol. The molecule has 1 aromatic heterocycles. The Hall–Kier alpha value is -1.10. The third kappa shape index (κ3) is 1.84. The van der Waals surface area contributed by atoms with Crippen LogP contribution in [0.2, 0.25) is 5.82 Å². The number of rotatable bonds is 0. The summed E-state index contributed by atoms with van der Waals surface area (Å²) in [5, 5.41) is 0. The van der Waals surface area contributed by atoms with Crippen molar-refractivity contribution < 1.29 is 4.48 Å². The summed E-state index contributed by atoms with van der Waals surface area (Å²) in [5.74, 6) is 1.42. The Kier molecular flexibility index (Phi) is 3.26. The van der Waals surface area contributed by atoms with Gasteiger partial charge in [0.2, 0.25) is 0 Å². The number of hydrogen-bond acceptors (Lipinski definition) is 0. The van der Waals surface area contributed by atoms with Crippen molar-refractivity contribution in [1.82, 2.24) is 0 Å². The number of halogens is 1. The summed E-state index contributed by atoms with van der Waals surface area (Å²) in [6.45, 7) is 10.0. The van der Waals surface area contributed by atoms with E-state index in [1.54, 1.807) is 11.1 Å². The van der Waals surface area contributed by atoms with Crippen LogP contribution in [0.1, 0.15) is 39.8 Å². The first-order valence-electron chi connectivity index (χ1n) is 10.7. The first-order chi connectivity index (χ1) is 13.2. The fourth-order valence-corrected chi connectivity index (χ4v) is 9.37. The standard InChI is InChI=1S/C25H28BIN/c1-22-10-6-7-11-23(2,16-22)20-15-25(4)21-18(24(25,3)14-19(20)22)13-17-9-5-8-12-28(17)26(21)27/h5-12,14-15,18,21H,13,16H2,1-4H3/q+1. The van der Waals surface area contributed by atoms with Gasteiger partial charge in [-0.25, -0.2) is 0 Å². The Morgan fingerprint density at radius 2 is 1.61 bits per heavy atom. The fourth-order valence-electron chi connectivity index (χ4n) is 7.57. The molecule has 5 aliphatic rings. The highest BCUT2D eigenvalue weighted by atomic mass is 127. The lowest BCUT2D eigenvalue weighted by Crippen LogP contribution is -2.72. The second kappa shape index (κ2) is 5.14. The smallest absolute Gasteiger partial charge is 0.278 e. The van der Waals surface area contributed by atoms with Crippen LogP contribution in [0.15, 0.2) is 72.0 Å². The molecule has 4 aliphatic carbocycles. The molecule has 0 radical (unpaired) electrons. The van der Waals surface area contributed by atoms with Gasteiger partial charge in [0.25, 0.3) is 0 Å². The molecule has 0 N–H and O–H groups in total. The lowest BCUT2D eigenvalue weighted by Gasteiger charge is -2.67. The zero-order valence-electron chi connectivity index (χ0n) is 17.2. The zero-order valence-corrected chi connectivity index (χ0v) is 19.4. The summed E-state index contributed by atoms with van der Waals surface area (Å²) in [6.07, 6.45) is 19.6. The molecule has 6 rings (SSSR count). The van der Waals surface area contributed by atoms with E-state index in [0.717, 1.165) is 5.92 Å². The van der Waals surface area contributed by atoms with Crippen molar-refractivity contribution in [3.63, 3.8) is 0 Å². The van der Waals surface area contributed by atoms with Crippen LogP contribution in [0.5, 0.6) is 0 Å². The molecule has 0 spiro atoms. The van der Waals surface area contributed by atoms with Crippen molar-refractivity contribution in [1.29, 1.82) is 0 Å². The maximum Gasteiger partial charge on any atom is 0.562 e. The molecular weight excluding hydrogens is 452 g/mol. The molecule has 2 bridgehead atoms. The van der Waals surface area contributed by atoms with Crippen LogP contribution in [0, 0.1) is 27.6 Å². The van der Waals surface area contributed by atoms with Gasteiger partial charge in [-0.3, -0.25) is 4.48 Å². The molecule has 1 aliphatic heterocycles. The molecule has 0 saturated heterocycles. The minimum absolute atomic E-state index is 0.167. The molecule has 6 atom stereocenters. The average Bonchev–Trinajstić information content (AvgIpc) is 2.77.